The summed E-state index contributed by atoms with van der Waals surface area (Å²) in [5.74, 6) is 0.00353. The number of rotatable bonds is 6. The average molecular weight is 313 g/mol. The number of carbonyl (C=O) groups is 1. The molecule has 0 aliphatic carbocycles. The zero-order valence-corrected chi connectivity index (χ0v) is 12.0. The fourth-order valence-corrected chi connectivity index (χ4v) is 1.89. The minimum atomic E-state index is -2.80. The van der Waals surface area contributed by atoms with Crippen LogP contribution in [-0.2, 0) is 0 Å². The molecule has 0 unspecified atom stereocenters. The largest absolute Gasteiger partial charge is 0.351 e. The molecule has 0 aliphatic rings. The highest BCUT2D eigenvalue weighted by Crippen LogP contribution is 2.21. The summed E-state index contributed by atoms with van der Waals surface area (Å²) in [6.07, 6.45) is -0.841. The van der Waals surface area contributed by atoms with E-state index in [9.17, 15) is 13.6 Å². The van der Waals surface area contributed by atoms with Crippen LogP contribution in [0.5, 0.6) is 0 Å². The van der Waals surface area contributed by atoms with Gasteiger partial charge in [-0.1, -0.05) is 17.3 Å². The van der Waals surface area contributed by atoms with Gasteiger partial charge in [-0.25, -0.2) is 0 Å². The second-order valence-corrected chi connectivity index (χ2v) is 5.07. The molecular formula is C13H13F2N3O2S. The number of amides is 1. The van der Waals surface area contributed by atoms with Gasteiger partial charge in [0.05, 0.1) is 0 Å². The smallest absolute Gasteiger partial charge is 0.315 e. The van der Waals surface area contributed by atoms with Crippen LogP contribution in [0.2, 0.25) is 0 Å². The maximum atomic E-state index is 12.4. The SMILES string of the molecule is CSCCNC(=O)c1ccc(-c2noc(C(F)F)n2)cc1. The molecule has 0 fully saturated rings. The molecule has 0 radical (unpaired) electrons. The van der Waals surface area contributed by atoms with Crippen LogP contribution in [0.4, 0.5) is 8.78 Å². The van der Waals surface area contributed by atoms with Crippen LogP contribution in [0.25, 0.3) is 11.4 Å². The average Bonchev–Trinajstić information content (AvgIpc) is 2.97. The van der Waals surface area contributed by atoms with Crippen molar-refractivity contribution in [1.29, 1.82) is 0 Å². The molecule has 0 saturated heterocycles. The van der Waals surface area contributed by atoms with Gasteiger partial charge in [-0.15, -0.1) is 0 Å². The molecule has 112 valence electrons. The van der Waals surface area contributed by atoms with Crippen molar-refractivity contribution in [1.82, 2.24) is 15.5 Å². The van der Waals surface area contributed by atoms with Crippen LogP contribution >= 0.6 is 11.8 Å². The Morgan fingerprint density at radius 1 is 1.38 bits per heavy atom. The van der Waals surface area contributed by atoms with Crippen LogP contribution in [0.3, 0.4) is 0 Å². The minimum Gasteiger partial charge on any atom is -0.351 e. The quantitative estimate of drug-likeness (QED) is 0.831. The molecule has 0 bridgehead atoms. The van der Waals surface area contributed by atoms with Crippen LogP contribution in [0, 0.1) is 0 Å². The van der Waals surface area contributed by atoms with Gasteiger partial charge in [0.2, 0.25) is 5.82 Å². The first-order chi connectivity index (χ1) is 10.1. The summed E-state index contributed by atoms with van der Waals surface area (Å²) in [5, 5.41) is 6.24. The number of benzene rings is 1. The van der Waals surface area contributed by atoms with E-state index < -0.39 is 12.3 Å². The summed E-state index contributed by atoms with van der Waals surface area (Å²) in [5.41, 5.74) is 0.990. The predicted octanol–water partition coefficient (Wildman–Crippen LogP) is 2.77. The lowest BCUT2D eigenvalue weighted by molar-refractivity contribution is 0.0956. The molecule has 2 aromatic rings. The highest BCUT2D eigenvalue weighted by Gasteiger charge is 2.17. The Morgan fingerprint density at radius 3 is 2.67 bits per heavy atom. The summed E-state index contributed by atoms with van der Waals surface area (Å²) in [7, 11) is 0. The molecule has 0 spiro atoms. The van der Waals surface area contributed by atoms with Crippen molar-refractivity contribution in [2.45, 2.75) is 6.43 Å². The molecule has 5 nitrogen and oxygen atoms in total. The molecule has 1 N–H and O–H groups in total. The topological polar surface area (TPSA) is 68.0 Å². The number of carbonyl (C=O) groups excluding carboxylic acids is 1. The van der Waals surface area contributed by atoms with Gasteiger partial charge in [-0.05, 0) is 18.4 Å². The summed E-state index contributed by atoms with van der Waals surface area (Å²) in [4.78, 5) is 15.4. The molecule has 0 saturated carbocycles. The number of halogens is 2. The molecule has 1 aromatic heterocycles. The summed E-state index contributed by atoms with van der Waals surface area (Å²) < 4.78 is 29.2. The van der Waals surface area contributed by atoms with Gasteiger partial charge in [0.25, 0.3) is 11.8 Å². The minimum absolute atomic E-state index is 0.0691. The lowest BCUT2D eigenvalue weighted by Crippen LogP contribution is -2.25. The fourth-order valence-electron chi connectivity index (χ4n) is 1.58. The van der Waals surface area contributed by atoms with E-state index in [2.05, 4.69) is 20.0 Å². The second-order valence-electron chi connectivity index (χ2n) is 4.08. The Kier molecular flexibility index (Phi) is 5.26. The standard InChI is InChI=1S/C13H13F2N3O2S/c1-21-7-6-16-12(19)9-4-2-8(3-5-9)11-17-13(10(14)15)20-18-11/h2-5,10H,6-7H2,1H3,(H,16,19). The number of hydrogen-bond donors (Lipinski definition) is 1. The van der Waals surface area contributed by atoms with Gasteiger partial charge >= 0.3 is 6.43 Å². The summed E-state index contributed by atoms with van der Waals surface area (Å²) >= 11 is 1.64. The van der Waals surface area contributed by atoms with Crippen molar-refractivity contribution >= 4 is 17.7 Å². The van der Waals surface area contributed by atoms with Crippen LogP contribution in [0.1, 0.15) is 22.7 Å². The third-order valence-electron chi connectivity index (χ3n) is 2.63. The summed E-state index contributed by atoms with van der Waals surface area (Å²) in [6, 6.07) is 6.34. The zero-order chi connectivity index (χ0) is 15.2. The number of nitrogens with zero attached hydrogens (tertiary/aromatic N) is 2. The van der Waals surface area contributed by atoms with Crippen molar-refractivity contribution in [2.75, 3.05) is 18.6 Å². The lowest BCUT2D eigenvalue weighted by atomic mass is 10.1. The van der Waals surface area contributed by atoms with Gasteiger partial charge in [0.1, 0.15) is 0 Å². The van der Waals surface area contributed by atoms with Crippen molar-refractivity contribution in [3.63, 3.8) is 0 Å². The van der Waals surface area contributed by atoms with Crippen LogP contribution in [-0.4, -0.2) is 34.6 Å². The first kappa shape index (κ1) is 15.4. The second kappa shape index (κ2) is 7.16. The van der Waals surface area contributed by atoms with Gasteiger partial charge < -0.3 is 9.84 Å². The van der Waals surface area contributed by atoms with E-state index >= 15 is 0 Å². The molecule has 2 rings (SSSR count). The maximum absolute atomic E-state index is 12.4. The molecular weight excluding hydrogens is 300 g/mol. The number of nitrogens with one attached hydrogen (secondary N) is 1. The number of thioether (sulfide) groups is 1. The van der Waals surface area contributed by atoms with Crippen molar-refractivity contribution in [2.24, 2.45) is 0 Å². The summed E-state index contributed by atoms with van der Waals surface area (Å²) in [6.45, 7) is 0.588. The van der Waals surface area contributed by atoms with Crippen molar-refractivity contribution in [3.05, 3.63) is 35.7 Å². The molecule has 21 heavy (non-hydrogen) atoms. The highest BCUT2D eigenvalue weighted by molar-refractivity contribution is 7.98. The molecule has 1 amide bonds. The number of hydrogen-bond acceptors (Lipinski definition) is 5. The molecule has 0 aliphatic heterocycles. The van der Waals surface area contributed by atoms with E-state index in [1.54, 1.807) is 36.0 Å². The first-order valence-electron chi connectivity index (χ1n) is 6.11. The van der Waals surface area contributed by atoms with Crippen LogP contribution < -0.4 is 5.32 Å². The number of aromatic nitrogens is 2. The Morgan fingerprint density at radius 2 is 2.10 bits per heavy atom. The Bertz CT molecular complexity index is 602. The normalized spacial score (nSPS) is 10.9. The Hall–Kier alpha value is -1.96. The van der Waals surface area contributed by atoms with E-state index in [4.69, 9.17) is 0 Å². The zero-order valence-electron chi connectivity index (χ0n) is 11.2. The van der Waals surface area contributed by atoms with Gasteiger partial charge in [-0.3, -0.25) is 4.79 Å². The van der Waals surface area contributed by atoms with Gasteiger partial charge in [0, 0.05) is 23.4 Å². The monoisotopic (exact) mass is 313 g/mol. The Labute approximate surface area is 124 Å². The number of alkyl halides is 2. The Balaban J connectivity index is 2.05. The predicted molar refractivity (Wildman–Crippen MR) is 75.4 cm³/mol. The van der Waals surface area contributed by atoms with E-state index in [1.165, 1.54) is 0 Å². The molecule has 0 atom stereocenters. The van der Waals surface area contributed by atoms with Crippen LogP contribution in [0.15, 0.2) is 28.8 Å². The molecule has 1 heterocycles. The first-order valence-corrected chi connectivity index (χ1v) is 7.50. The van der Waals surface area contributed by atoms with Gasteiger partial charge in [0.15, 0.2) is 0 Å². The van der Waals surface area contributed by atoms with E-state index in [0.717, 1.165) is 5.75 Å². The maximum Gasteiger partial charge on any atom is 0.315 e. The van der Waals surface area contributed by atoms with E-state index in [-0.39, 0.29) is 11.7 Å². The fraction of sp³-hybridized carbons (Fsp3) is 0.308. The van der Waals surface area contributed by atoms with Crippen molar-refractivity contribution in [3.8, 4) is 11.4 Å². The molecule has 1 aromatic carbocycles. The van der Waals surface area contributed by atoms with Gasteiger partial charge in [-0.2, -0.15) is 25.5 Å². The third-order valence-corrected chi connectivity index (χ3v) is 3.24. The van der Waals surface area contributed by atoms with Crippen molar-refractivity contribution < 1.29 is 18.1 Å². The third kappa shape index (κ3) is 4.01. The lowest BCUT2D eigenvalue weighted by Gasteiger charge is -2.04. The molecule has 8 heteroatoms. The van der Waals surface area contributed by atoms with E-state index in [1.807, 2.05) is 6.26 Å². The highest BCUT2D eigenvalue weighted by atomic mass is 32.2. The van der Waals surface area contributed by atoms with E-state index in [0.29, 0.717) is 17.7 Å².